The smallest absolute Gasteiger partial charge is 0.143 e. The Morgan fingerprint density at radius 3 is 2.25 bits per heavy atom. The van der Waals surface area contributed by atoms with Gasteiger partial charge in [-0.1, -0.05) is 67.8 Å². The number of hydrogen-bond donors (Lipinski definition) is 1. The lowest BCUT2D eigenvalue weighted by Gasteiger charge is -2.09. The van der Waals surface area contributed by atoms with Crippen LogP contribution in [-0.2, 0) is 0 Å². The fourth-order valence-corrected chi connectivity index (χ4v) is 3.82. The topological polar surface area (TPSA) is 33.4 Å². The maximum Gasteiger partial charge on any atom is 0.143 e. The summed E-state index contributed by atoms with van der Waals surface area (Å²) in [5, 5.41) is 14.2. The lowest BCUT2D eigenvalue weighted by molar-refractivity contribution is 0.511. The van der Waals surface area contributed by atoms with Gasteiger partial charge in [-0.15, -0.1) is 0 Å². The first kappa shape index (κ1) is 17.9. The van der Waals surface area contributed by atoms with Crippen molar-refractivity contribution < 1.29 is 9.52 Å². The maximum atomic E-state index is 10.1. The number of hydrogen-bond acceptors (Lipinski definition) is 2. The molecule has 0 atom stereocenters. The van der Waals surface area contributed by atoms with E-state index in [-0.39, 0.29) is 5.76 Å². The van der Waals surface area contributed by atoms with Gasteiger partial charge in [-0.2, -0.15) is 0 Å². The quantitative estimate of drug-likeness (QED) is 0.524. The van der Waals surface area contributed by atoms with Crippen molar-refractivity contribution in [1.29, 1.82) is 0 Å². The lowest BCUT2D eigenvalue weighted by atomic mass is 9.95. The van der Waals surface area contributed by atoms with Crippen molar-refractivity contribution in [1.82, 2.24) is 0 Å². The molecule has 0 aliphatic rings. The van der Waals surface area contributed by atoms with Crippen LogP contribution in [0.3, 0.4) is 0 Å². The van der Waals surface area contributed by atoms with Crippen LogP contribution in [0.25, 0.3) is 33.3 Å². The zero-order valence-corrected chi connectivity index (χ0v) is 16.1. The lowest BCUT2D eigenvalue weighted by Crippen LogP contribution is -2.21. The largest absolute Gasteiger partial charge is 0.507 e. The van der Waals surface area contributed by atoms with Crippen molar-refractivity contribution in [2.75, 3.05) is 0 Å². The van der Waals surface area contributed by atoms with Crippen molar-refractivity contribution in [2.45, 2.75) is 13.8 Å². The van der Waals surface area contributed by atoms with Crippen LogP contribution in [-0.4, -0.2) is 5.11 Å². The molecule has 0 aliphatic heterocycles. The Balaban J connectivity index is 2.13. The highest BCUT2D eigenvalue weighted by Crippen LogP contribution is 2.33. The Morgan fingerprint density at radius 2 is 1.50 bits per heavy atom. The van der Waals surface area contributed by atoms with Crippen LogP contribution >= 0.6 is 0 Å². The third-order valence-corrected chi connectivity index (χ3v) is 5.45. The molecule has 0 saturated carbocycles. The highest BCUT2D eigenvalue weighted by Gasteiger charge is 2.13. The predicted octanol–water partition coefficient (Wildman–Crippen LogP) is 5.44. The Bertz CT molecular complexity index is 1370. The van der Waals surface area contributed by atoms with Gasteiger partial charge in [-0.3, -0.25) is 0 Å². The van der Waals surface area contributed by atoms with E-state index in [9.17, 15) is 5.11 Å². The Hall–Kier alpha value is -3.52. The van der Waals surface area contributed by atoms with Crippen LogP contribution in [0.5, 0.6) is 0 Å². The molecule has 28 heavy (non-hydrogen) atoms. The van der Waals surface area contributed by atoms with E-state index in [4.69, 9.17) is 4.42 Å². The number of furan rings is 1. The fourth-order valence-electron chi connectivity index (χ4n) is 3.82. The SMILES string of the molecule is C=CC(O)=c1ccc(=C(C=C)c2cccc3c2oc2ccccc23)c(C)c1C. The fraction of sp³-hybridized carbons (Fsp3) is 0.0769. The van der Waals surface area contributed by atoms with Gasteiger partial charge in [0.25, 0.3) is 0 Å². The van der Waals surface area contributed by atoms with Crippen LogP contribution in [0.15, 0.2) is 84.3 Å². The van der Waals surface area contributed by atoms with E-state index in [0.29, 0.717) is 0 Å². The second kappa shape index (κ2) is 6.90. The maximum absolute atomic E-state index is 10.1. The molecular weight excluding hydrogens is 344 g/mol. The first-order chi connectivity index (χ1) is 13.6. The minimum absolute atomic E-state index is 0.187. The number of rotatable bonds is 3. The van der Waals surface area contributed by atoms with E-state index in [2.05, 4.69) is 44.3 Å². The average Bonchev–Trinajstić information content (AvgIpc) is 3.10. The van der Waals surface area contributed by atoms with Crippen molar-refractivity contribution >= 4 is 33.3 Å². The van der Waals surface area contributed by atoms with E-state index >= 15 is 0 Å². The van der Waals surface area contributed by atoms with Crippen LogP contribution in [0.4, 0.5) is 0 Å². The normalized spacial score (nSPS) is 13.5. The Kier molecular flexibility index (Phi) is 4.40. The van der Waals surface area contributed by atoms with E-state index < -0.39 is 0 Å². The molecule has 1 N–H and O–H groups in total. The number of benzene rings is 3. The molecule has 0 bridgehead atoms. The summed E-state index contributed by atoms with van der Waals surface area (Å²) < 4.78 is 6.21. The molecule has 0 radical (unpaired) electrons. The minimum atomic E-state index is 0.187. The van der Waals surface area contributed by atoms with Gasteiger partial charge < -0.3 is 9.52 Å². The molecule has 4 rings (SSSR count). The van der Waals surface area contributed by atoms with Crippen molar-refractivity contribution in [3.63, 3.8) is 0 Å². The standard InChI is InChI=1S/C26H22O2/c1-5-18(19-14-15-20(24(27)6-2)17(4)16(19)3)22-11-9-12-23-21-10-7-8-13-25(21)28-26(22)23/h5-15,27H,1-2H2,3-4H3. The molecule has 0 aliphatic carbocycles. The summed E-state index contributed by atoms with van der Waals surface area (Å²) in [6.45, 7) is 11.8. The molecular formula is C26H22O2. The van der Waals surface area contributed by atoms with Gasteiger partial charge in [-0.25, -0.2) is 0 Å². The van der Waals surface area contributed by atoms with Crippen molar-refractivity contribution in [2.24, 2.45) is 0 Å². The first-order valence-electron chi connectivity index (χ1n) is 9.26. The third-order valence-electron chi connectivity index (χ3n) is 5.45. The summed E-state index contributed by atoms with van der Waals surface area (Å²) in [4.78, 5) is 0. The molecule has 4 aromatic rings. The molecule has 2 heteroatoms. The average molecular weight is 366 g/mol. The molecule has 1 aromatic heterocycles. The second-order valence-corrected chi connectivity index (χ2v) is 6.90. The van der Waals surface area contributed by atoms with Gasteiger partial charge in [0.05, 0.1) is 0 Å². The second-order valence-electron chi connectivity index (χ2n) is 6.90. The van der Waals surface area contributed by atoms with Gasteiger partial charge in [0, 0.05) is 21.6 Å². The first-order valence-corrected chi connectivity index (χ1v) is 9.26. The molecule has 2 nitrogen and oxygen atoms in total. The minimum Gasteiger partial charge on any atom is -0.507 e. The molecule has 138 valence electrons. The summed E-state index contributed by atoms with van der Waals surface area (Å²) in [6, 6.07) is 18.2. The van der Waals surface area contributed by atoms with Crippen LogP contribution in [0.2, 0.25) is 0 Å². The van der Waals surface area contributed by atoms with Crippen LogP contribution in [0, 0.1) is 13.8 Å². The number of allylic oxidation sites excluding steroid dienone is 1. The number of fused-ring (bicyclic) bond motifs is 3. The molecule has 0 spiro atoms. The zero-order valence-electron chi connectivity index (χ0n) is 16.1. The van der Waals surface area contributed by atoms with Gasteiger partial charge in [0.15, 0.2) is 0 Å². The molecule has 0 unspecified atom stereocenters. The van der Waals surface area contributed by atoms with Gasteiger partial charge >= 0.3 is 0 Å². The summed E-state index contributed by atoms with van der Waals surface area (Å²) in [7, 11) is 0. The summed E-state index contributed by atoms with van der Waals surface area (Å²) in [5.74, 6) is 0.187. The monoisotopic (exact) mass is 366 g/mol. The molecule has 0 fully saturated rings. The third kappa shape index (κ3) is 2.66. The van der Waals surface area contributed by atoms with Gasteiger partial charge in [0.1, 0.15) is 16.9 Å². The summed E-state index contributed by atoms with van der Waals surface area (Å²) in [6.07, 6.45) is 3.34. The zero-order chi connectivity index (χ0) is 19.8. The Labute approximate surface area is 164 Å². The van der Waals surface area contributed by atoms with Gasteiger partial charge in [-0.05, 0) is 47.9 Å². The van der Waals surface area contributed by atoms with Crippen LogP contribution < -0.4 is 10.4 Å². The summed E-state index contributed by atoms with van der Waals surface area (Å²) in [5.41, 5.74) is 5.87. The number of aliphatic hydroxyl groups is 1. The number of aliphatic hydroxyl groups excluding tert-OH is 1. The highest BCUT2D eigenvalue weighted by atomic mass is 16.3. The molecule has 3 aromatic carbocycles. The van der Waals surface area contributed by atoms with Crippen LogP contribution in [0.1, 0.15) is 16.7 Å². The molecule has 0 amide bonds. The van der Waals surface area contributed by atoms with E-state index in [0.717, 1.165) is 54.6 Å². The van der Waals surface area contributed by atoms with Crippen molar-refractivity contribution in [3.8, 4) is 0 Å². The number of para-hydroxylation sites is 2. The predicted molar refractivity (Wildman–Crippen MR) is 118 cm³/mol. The highest BCUT2D eigenvalue weighted by molar-refractivity contribution is 6.08. The molecule has 0 saturated heterocycles. The molecule has 1 heterocycles. The Morgan fingerprint density at radius 1 is 0.821 bits per heavy atom. The van der Waals surface area contributed by atoms with E-state index in [1.54, 1.807) is 0 Å². The van der Waals surface area contributed by atoms with Gasteiger partial charge in [0.2, 0.25) is 0 Å². The summed E-state index contributed by atoms with van der Waals surface area (Å²) >= 11 is 0. The van der Waals surface area contributed by atoms with Crippen molar-refractivity contribution in [3.05, 3.63) is 107 Å². The van der Waals surface area contributed by atoms with E-state index in [1.807, 2.05) is 43.3 Å². The van der Waals surface area contributed by atoms with E-state index in [1.165, 1.54) is 6.08 Å².